The van der Waals surface area contributed by atoms with E-state index < -0.39 is 0 Å². The number of carbonyl (C=O) groups excluding carboxylic acids is 2. The van der Waals surface area contributed by atoms with E-state index in [0.29, 0.717) is 19.4 Å². The Bertz CT molecular complexity index is 129. The number of carbonyl (C=O) groups is 2. The van der Waals surface area contributed by atoms with Gasteiger partial charge in [0.15, 0.2) is 5.78 Å². The average molecular weight is 174 g/mol. The van der Waals surface area contributed by atoms with Crippen molar-refractivity contribution in [2.24, 2.45) is 5.73 Å². The van der Waals surface area contributed by atoms with Crippen LogP contribution in [0.2, 0.25) is 0 Å². The minimum atomic E-state index is -0.00963. The zero-order valence-electron chi connectivity index (χ0n) is 6.88. The van der Waals surface area contributed by atoms with Gasteiger partial charge in [0, 0.05) is 19.4 Å². The lowest BCUT2D eigenvalue weighted by Gasteiger charge is -2.08. The number of aliphatic hydroxyl groups is 1. The molecule has 12 heavy (non-hydrogen) atoms. The molecular weight excluding hydrogens is 160 g/mol. The lowest BCUT2D eigenvalue weighted by atomic mass is 10.1. The molecule has 0 aromatic heterocycles. The number of hydrogen-bond donors (Lipinski definition) is 3. The van der Waals surface area contributed by atoms with Crippen LogP contribution in [0, 0.1) is 0 Å². The molecule has 1 aliphatic heterocycles. The van der Waals surface area contributed by atoms with E-state index in [-0.39, 0.29) is 24.8 Å². The van der Waals surface area contributed by atoms with E-state index in [4.69, 9.17) is 10.8 Å². The van der Waals surface area contributed by atoms with Gasteiger partial charge in [-0.15, -0.1) is 0 Å². The SMILES string of the molecule is NCCO.O=C1CCC(=O)NC1. The van der Waals surface area contributed by atoms with Crippen molar-refractivity contribution in [3.63, 3.8) is 0 Å². The van der Waals surface area contributed by atoms with Crippen molar-refractivity contribution in [3.05, 3.63) is 0 Å². The molecule has 0 saturated carbocycles. The Hall–Kier alpha value is -0.940. The van der Waals surface area contributed by atoms with Gasteiger partial charge in [0.1, 0.15) is 0 Å². The topological polar surface area (TPSA) is 92.4 Å². The third-order valence-corrected chi connectivity index (χ3v) is 1.24. The summed E-state index contributed by atoms with van der Waals surface area (Å²) in [7, 11) is 0. The molecule has 0 radical (unpaired) electrons. The number of Topliss-reactive ketones (excluding diaryl/α,β-unsaturated/α-hetero) is 1. The Morgan fingerprint density at radius 1 is 1.42 bits per heavy atom. The van der Waals surface area contributed by atoms with Crippen LogP contribution < -0.4 is 11.1 Å². The Morgan fingerprint density at radius 2 is 2.00 bits per heavy atom. The van der Waals surface area contributed by atoms with Gasteiger partial charge in [0.05, 0.1) is 13.2 Å². The van der Waals surface area contributed by atoms with Crippen LogP contribution in [0.25, 0.3) is 0 Å². The number of rotatable bonds is 1. The molecule has 1 heterocycles. The van der Waals surface area contributed by atoms with Crippen molar-refractivity contribution in [2.45, 2.75) is 12.8 Å². The minimum absolute atomic E-state index is 0.00963. The van der Waals surface area contributed by atoms with Gasteiger partial charge >= 0.3 is 0 Å². The van der Waals surface area contributed by atoms with Crippen LogP contribution in [0.4, 0.5) is 0 Å². The zero-order chi connectivity index (χ0) is 9.40. The van der Waals surface area contributed by atoms with Crippen molar-refractivity contribution >= 4 is 11.7 Å². The molecule has 0 aromatic rings. The highest BCUT2D eigenvalue weighted by Gasteiger charge is 2.12. The molecule has 1 fully saturated rings. The molecule has 4 N–H and O–H groups in total. The van der Waals surface area contributed by atoms with Gasteiger partial charge in [-0.25, -0.2) is 0 Å². The number of amides is 1. The molecule has 0 atom stereocenters. The van der Waals surface area contributed by atoms with Gasteiger partial charge in [-0.2, -0.15) is 0 Å². The van der Waals surface area contributed by atoms with Gasteiger partial charge in [0.2, 0.25) is 5.91 Å². The summed E-state index contributed by atoms with van der Waals surface area (Å²) in [5, 5.41) is 10.2. The molecule has 1 amide bonds. The van der Waals surface area contributed by atoms with E-state index in [1.807, 2.05) is 0 Å². The molecule has 0 unspecified atom stereocenters. The van der Waals surface area contributed by atoms with Crippen LogP contribution in [-0.4, -0.2) is 36.5 Å². The predicted molar refractivity (Wildman–Crippen MR) is 43.4 cm³/mol. The summed E-state index contributed by atoms with van der Waals surface area (Å²) < 4.78 is 0. The largest absolute Gasteiger partial charge is 0.395 e. The van der Waals surface area contributed by atoms with Crippen molar-refractivity contribution in [1.29, 1.82) is 0 Å². The van der Waals surface area contributed by atoms with Crippen molar-refractivity contribution in [2.75, 3.05) is 19.7 Å². The van der Waals surface area contributed by atoms with Crippen LogP contribution in [0.1, 0.15) is 12.8 Å². The van der Waals surface area contributed by atoms with Crippen molar-refractivity contribution in [3.8, 4) is 0 Å². The molecular formula is C7H14N2O3. The zero-order valence-corrected chi connectivity index (χ0v) is 6.88. The molecule has 0 aromatic carbocycles. The Balaban J connectivity index is 0.000000261. The average Bonchev–Trinajstić information content (AvgIpc) is 2.11. The molecule has 5 nitrogen and oxygen atoms in total. The fourth-order valence-electron chi connectivity index (χ4n) is 0.627. The predicted octanol–water partition coefficient (Wildman–Crippen LogP) is -1.60. The first-order valence-corrected chi connectivity index (χ1v) is 3.80. The third kappa shape index (κ3) is 5.82. The van der Waals surface area contributed by atoms with Crippen molar-refractivity contribution in [1.82, 2.24) is 5.32 Å². The van der Waals surface area contributed by atoms with E-state index in [2.05, 4.69) is 5.32 Å². The maximum absolute atomic E-state index is 10.4. The van der Waals surface area contributed by atoms with E-state index in [9.17, 15) is 9.59 Å². The molecule has 1 saturated heterocycles. The lowest BCUT2D eigenvalue weighted by Crippen LogP contribution is -2.34. The van der Waals surface area contributed by atoms with E-state index in [1.165, 1.54) is 0 Å². The summed E-state index contributed by atoms with van der Waals surface area (Å²) in [4.78, 5) is 20.7. The standard InChI is InChI=1S/C5H7NO2.C2H7NO/c7-4-1-2-5(8)6-3-4;3-1-2-4/h1-3H2,(H,6,8);4H,1-3H2. The molecule has 1 rings (SSSR count). The first-order chi connectivity index (χ1) is 5.70. The monoisotopic (exact) mass is 174 g/mol. The number of nitrogens with two attached hydrogens (primary N) is 1. The maximum atomic E-state index is 10.4. The van der Waals surface area contributed by atoms with Gasteiger partial charge < -0.3 is 16.2 Å². The highest BCUT2D eigenvalue weighted by molar-refractivity contribution is 5.92. The first kappa shape index (κ1) is 11.1. The van der Waals surface area contributed by atoms with Crippen molar-refractivity contribution < 1.29 is 14.7 Å². The van der Waals surface area contributed by atoms with Gasteiger partial charge in [-0.05, 0) is 0 Å². The summed E-state index contributed by atoms with van der Waals surface area (Å²) in [6.45, 7) is 0.707. The van der Waals surface area contributed by atoms with Gasteiger partial charge in [-0.1, -0.05) is 0 Å². The Labute approximate surface area is 70.9 Å². The highest BCUT2D eigenvalue weighted by Crippen LogP contribution is 1.95. The molecule has 1 aliphatic rings. The molecule has 0 spiro atoms. The van der Waals surface area contributed by atoms with Gasteiger partial charge in [-0.3, -0.25) is 9.59 Å². The molecule has 0 bridgehead atoms. The van der Waals surface area contributed by atoms with Crippen LogP contribution in [-0.2, 0) is 9.59 Å². The minimum Gasteiger partial charge on any atom is -0.395 e. The smallest absolute Gasteiger partial charge is 0.220 e. The summed E-state index contributed by atoms with van der Waals surface area (Å²) in [6, 6.07) is 0. The van der Waals surface area contributed by atoms with E-state index >= 15 is 0 Å². The molecule has 70 valence electrons. The first-order valence-electron chi connectivity index (χ1n) is 3.80. The second kappa shape index (κ2) is 6.75. The quantitative estimate of drug-likeness (QED) is 0.446. The van der Waals surface area contributed by atoms with E-state index in [0.717, 1.165) is 0 Å². The van der Waals surface area contributed by atoms with Crippen LogP contribution in [0.5, 0.6) is 0 Å². The fraction of sp³-hybridized carbons (Fsp3) is 0.714. The second-order valence-electron chi connectivity index (χ2n) is 2.33. The van der Waals surface area contributed by atoms with Crippen LogP contribution in [0.3, 0.4) is 0 Å². The number of ketones is 1. The summed E-state index contributed by atoms with van der Waals surface area (Å²) >= 11 is 0. The number of nitrogens with one attached hydrogen (secondary N) is 1. The number of hydrogen-bond acceptors (Lipinski definition) is 4. The third-order valence-electron chi connectivity index (χ3n) is 1.24. The molecule has 0 aliphatic carbocycles. The Kier molecular flexibility index (Phi) is 6.22. The van der Waals surface area contributed by atoms with Crippen LogP contribution >= 0.6 is 0 Å². The van der Waals surface area contributed by atoms with E-state index in [1.54, 1.807) is 0 Å². The Morgan fingerprint density at radius 3 is 2.25 bits per heavy atom. The summed E-state index contributed by atoms with van der Waals surface area (Å²) in [6.07, 6.45) is 0.796. The number of aliphatic hydroxyl groups excluding tert-OH is 1. The maximum Gasteiger partial charge on any atom is 0.220 e. The summed E-state index contributed by atoms with van der Waals surface area (Å²) in [5.74, 6) is 0.120. The second-order valence-corrected chi connectivity index (χ2v) is 2.33. The summed E-state index contributed by atoms with van der Waals surface area (Å²) in [5.41, 5.74) is 4.78. The van der Waals surface area contributed by atoms with Crippen LogP contribution in [0.15, 0.2) is 0 Å². The lowest BCUT2D eigenvalue weighted by molar-refractivity contribution is -0.129. The molecule has 5 heteroatoms. The normalized spacial score (nSPS) is 16.2. The highest BCUT2D eigenvalue weighted by atomic mass is 16.3. The fourth-order valence-corrected chi connectivity index (χ4v) is 0.627. The number of piperidine rings is 1. The van der Waals surface area contributed by atoms with Gasteiger partial charge in [0.25, 0.3) is 0 Å².